The lowest BCUT2D eigenvalue weighted by Gasteiger charge is -2.17. The van der Waals surface area contributed by atoms with Crippen LogP contribution in [0.5, 0.6) is 0 Å². The number of aliphatic hydroxyl groups excluding tert-OH is 1. The van der Waals surface area contributed by atoms with Crippen LogP contribution < -0.4 is 5.32 Å². The molecule has 1 aromatic heterocycles. The van der Waals surface area contributed by atoms with Gasteiger partial charge in [-0.2, -0.15) is 0 Å². The number of aromatic amines is 1. The van der Waals surface area contributed by atoms with E-state index < -0.39 is 0 Å². The average Bonchev–Trinajstić information content (AvgIpc) is 3.12. The minimum absolute atomic E-state index is 0.0587. The van der Waals surface area contributed by atoms with Gasteiger partial charge in [-0.3, -0.25) is 4.79 Å². The first-order valence-electron chi connectivity index (χ1n) is 7.70. The number of hydrogen-bond acceptors (Lipinski definition) is 2. The van der Waals surface area contributed by atoms with E-state index in [9.17, 15) is 9.90 Å². The predicted octanol–water partition coefficient (Wildman–Crippen LogP) is 2.24. The monoisotopic (exact) mass is 286 g/mol. The third-order valence-electron chi connectivity index (χ3n) is 4.64. The molecule has 0 bridgehead atoms. The zero-order valence-corrected chi connectivity index (χ0v) is 12.1. The standard InChI is InChI=1S/C17H22N2O2/c20-11-13-5-3-4-12(13)9-19-17(21)8-14-10-18-16-7-2-1-6-15(14)16/h1-2,6-7,10,12-13,18,20H,3-5,8-9,11H2,(H,19,21). The second-order valence-corrected chi connectivity index (χ2v) is 5.97. The van der Waals surface area contributed by atoms with Crippen molar-refractivity contribution in [3.8, 4) is 0 Å². The molecule has 3 rings (SSSR count). The van der Waals surface area contributed by atoms with Crippen LogP contribution in [0.4, 0.5) is 0 Å². The SMILES string of the molecule is O=C(Cc1c[nH]c2ccccc12)NCC1CCCC1CO. The molecule has 1 fully saturated rings. The van der Waals surface area contributed by atoms with Crippen LogP contribution in [0.25, 0.3) is 10.9 Å². The van der Waals surface area contributed by atoms with Crippen LogP contribution >= 0.6 is 0 Å². The molecule has 3 N–H and O–H groups in total. The predicted molar refractivity (Wildman–Crippen MR) is 82.9 cm³/mol. The number of aromatic nitrogens is 1. The summed E-state index contributed by atoms with van der Waals surface area (Å²) >= 11 is 0. The third-order valence-corrected chi connectivity index (χ3v) is 4.64. The van der Waals surface area contributed by atoms with Crippen molar-refractivity contribution in [1.29, 1.82) is 0 Å². The number of benzene rings is 1. The second kappa shape index (κ2) is 6.31. The zero-order valence-electron chi connectivity index (χ0n) is 12.1. The number of aliphatic hydroxyl groups is 1. The minimum atomic E-state index is 0.0587. The van der Waals surface area contributed by atoms with Crippen LogP contribution in [0.3, 0.4) is 0 Å². The molecular weight excluding hydrogens is 264 g/mol. The van der Waals surface area contributed by atoms with E-state index in [1.165, 1.54) is 0 Å². The fraction of sp³-hybridized carbons (Fsp3) is 0.471. The van der Waals surface area contributed by atoms with Crippen molar-refractivity contribution >= 4 is 16.8 Å². The molecule has 1 saturated carbocycles. The van der Waals surface area contributed by atoms with E-state index in [2.05, 4.69) is 10.3 Å². The van der Waals surface area contributed by atoms with Crippen molar-refractivity contribution < 1.29 is 9.90 Å². The average molecular weight is 286 g/mol. The van der Waals surface area contributed by atoms with E-state index in [0.29, 0.717) is 24.8 Å². The highest BCUT2D eigenvalue weighted by atomic mass is 16.3. The Hall–Kier alpha value is -1.81. The largest absolute Gasteiger partial charge is 0.396 e. The van der Waals surface area contributed by atoms with E-state index in [0.717, 1.165) is 35.7 Å². The third kappa shape index (κ3) is 3.10. The Morgan fingerprint density at radius 2 is 2.10 bits per heavy atom. The molecule has 2 atom stereocenters. The maximum atomic E-state index is 12.1. The molecule has 2 aromatic rings. The molecule has 4 heteroatoms. The quantitative estimate of drug-likeness (QED) is 0.789. The van der Waals surface area contributed by atoms with Gasteiger partial charge in [0.05, 0.1) is 6.42 Å². The smallest absolute Gasteiger partial charge is 0.224 e. The zero-order chi connectivity index (χ0) is 14.7. The first-order valence-corrected chi connectivity index (χ1v) is 7.70. The van der Waals surface area contributed by atoms with E-state index >= 15 is 0 Å². The number of amides is 1. The molecule has 0 saturated heterocycles. The van der Waals surface area contributed by atoms with Gasteiger partial charge in [-0.15, -0.1) is 0 Å². The molecule has 1 amide bonds. The number of carbonyl (C=O) groups is 1. The highest BCUT2D eigenvalue weighted by Gasteiger charge is 2.26. The van der Waals surface area contributed by atoms with E-state index in [1.807, 2.05) is 30.5 Å². The number of nitrogens with one attached hydrogen (secondary N) is 2. The van der Waals surface area contributed by atoms with E-state index in [1.54, 1.807) is 0 Å². The van der Waals surface area contributed by atoms with Crippen molar-refractivity contribution in [2.45, 2.75) is 25.7 Å². The van der Waals surface area contributed by atoms with Crippen LogP contribution in [-0.2, 0) is 11.2 Å². The number of rotatable bonds is 5. The molecule has 1 heterocycles. The summed E-state index contributed by atoms with van der Waals surface area (Å²) in [5.74, 6) is 0.851. The second-order valence-electron chi connectivity index (χ2n) is 5.97. The Balaban J connectivity index is 1.57. The molecule has 112 valence electrons. The summed E-state index contributed by atoms with van der Waals surface area (Å²) in [5.41, 5.74) is 2.10. The molecule has 0 aliphatic heterocycles. The number of hydrogen-bond donors (Lipinski definition) is 3. The molecule has 0 radical (unpaired) electrons. The van der Waals surface area contributed by atoms with Crippen LogP contribution in [0.1, 0.15) is 24.8 Å². The van der Waals surface area contributed by atoms with Gasteiger partial charge in [-0.05, 0) is 36.3 Å². The van der Waals surface area contributed by atoms with Crippen molar-refractivity contribution in [3.63, 3.8) is 0 Å². The highest BCUT2D eigenvalue weighted by molar-refractivity contribution is 5.88. The lowest BCUT2D eigenvalue weighted by Crippen LogP contribution is -2.32. The maximum Gasteiger partial charge on any atom is 0.224 e. The number of carbonyl (C=O) groups excluding carboxylic acids is 1. The molecule has 1 aromatic carbocycles. The molecule has 4 nitrogen and oxygen atoms in total. The molecule has 1 aliphatic rings. The molecule has 1 aliphatic carbocycles. The summed E-state index contributed by atoms with van der Waals surface area (Å²) in [4.78, 5) is 15.3. The van der Waals surface area contributed by atoms with Gasteiger partial charge in [-0.1, -0.05) is 24.6 Å². The van der Waals surface area contributed by atoms with Crippen LogP contribution in [0.2, 0.25) is 0 Å². The van der Waals surface area contributed by atoms with E-state index in [-0.39, 0.29) is 12.5 Å². The lowest BCUT2D eigenvalue weighted by molar-refractivity contribution is -0.120. The first-order chi connectivity index (χ1) is 10.3. The van der Waals surface area contributed by atoms with Gasteiger partial charge in [0.1, 0.15) is 0 Å². The summed E-state index contributed by atoms with van der Waals surface area (Å²) in [6, 6.07) is 8.02. The van der Waals surface area contributed by atoms with Gasteiger partial charge in [-0.25, -0.2) is 0 Å². The van der Waals surface area contributed by atoms with Crippen molar-refractivity contribution in [2.24, 2.45) is 11.8 Å². The van der Waals surface area contributed by atoms with Crippen LogP contribution in [0, 0.1) is 11.8 Å². The topological polar surface area (TPSA) is 65.1 Å². The van der Waals surface area contributed by atoms with Crippen molar-refractivity contribution in [3.05, 3.63) is 36.0 Å². The van der Waals surface area contributed by atoms with Crippen LogP contribution in [-0.4, -0.2) is 29.1 Å². The molecule has 21 heavy (non-hydrogen) atoms. The fourth-order valence-electron chi connectivity index (χ4n) is 3.38. The van der Waals surface area contributed by atoms with Gasteiger partial charge >= 0.3 is 0 Å². The number of para-hydroxylation sites is 1. The van der Waals surface area contributed by atoms with Crippen molar-refractivity contribution in [2.75, 3.05) is 13.2 Å². The molecule has 0 spiro atoms. The highest BCUT2D eigenvalue weighted by Crippen LogP contribution is 2.30. The van der Waals surface area contributed by atoms with Gasteiger partial charge < -0.3 is 15.4 Å². The lowest BCUT2D eigenvalue weighted by atomic mass is 9.97. The first kappa shape index (κ1) is 14.1. The Bertz CT molecular complexity index is 620. The van der Waals surface area contributed by atoms with E-state index in [4.69, 9.17) is 0 Å². The fourth-order valence-corrected chi connectivity index (χ4v) is 3.38. The van der Waals surface area contributed by atoms with Crippen LogP contribution in [0.15, 0.2) is 30.5 Å². The van der Waals surface area contributed by atoms with Gasteiger partial charge in [0, 0.05) is 30.3 Å². The summed E-state index contributed by atoms with van der Waals surface area (Å²) in [6.45, 7) is 0.926. The summed E-state index contributed by atoms with van der Waals surface area (Å²) in [6.07, 6.45) is 5.67. The van der Waals surface area contributed by atoms with Crippen molar-refractivity contribution in [1.82, 2.24) is 10.3 Å². The number of H-pyrrole nitrogens is 1. The van der Waals surface area contributed by atoms with Gasteiger partial charge in [0.15, 0.2) is 0 Å². The Morgan fingerprint density at radius 3 is 2.95 bits per heavy atom. The maximum absolute atomic E-state index is 12.1. The normalized spacial score (nSPS) is 21.8. The summed E-state index contributed by atoms with van der Waals surface area (Å²) in [5, 5.41) is 13.5. The van der Waals surface area contributed by atoms with Gasteiger partial charge in [0.25, 0.3) is 0 Å². The Morgan fingerprint density at radius 1 is 1.29 bits per heavy atom. The summed E-state index contributed by atoms with van der Waals surface area (Å²) < 4.78 is 0. The van der Waals surface area contributed by atoms with Gasteiger partial charge in [0.2, 0.25) is 5.91 Å². The minimum Gasteiger partial charge on any atom is -0.396 e. The number of fused-ring (bicyclic) bond motifs is 1. The summed E-state index contributed by atoms with van der Waals surface area (Å²) in [7, 11) is 0. The Kier molecular flexibility index (Phi) is 4.25. The Labute approximate surface area is 124 Å². The molecule has 2 unspecified atom stereocenters. The molecular formula is C17H22N2O2.